The van der Waals surface area contributed by atoms with Crippen molar-refractivity contribution in [3.63, 3.8) is 0 Å². The van der Waals surface area contributed by atoms with E-state index in [2.05, 4.69) is 19.5 Å². The van der Waals surface area contributed by atoms with Crippen LogP contribution < -0.4 is 0 Å². The molecule has 1 saturated carbocycles. The summed E-state index contributed by atoms with van der Waals surface area (Å²) in [6.45, 7) is 4.78. The van der Waals surface area contributed by atoms with Crippen molar-refractivity contribution < 1.29 is 4.43 Å². The first kappa shape index (κ1) is 10.7. The van der Waals surface area contributed by atoms with Gasteiger partial charge >= 0.3 is 0 Å². The third kappa shape index (κ3) is 2.40. The fourth-order valence-electron chi connectivity index (χ4n) is 3.00. The Morgan fingerprint density at radius 3 is 2.57 bits per heavy atom. The van der Waals surface area contributed by atoms with E-state index in [1.54, 1.807) is 0 Å². The third-order valence-corrected chi connectivity index (χ3v) is 6.20. The van der Waals surface area contributed by atoms with Gasteiger partial charge in [0.1, 0.15) is 0 Å². The molecule has 14 heavy (non-hydrogen) atoms. The van der Waals surface area contributed by atoms with E-state index in [4.69, 9.17) is 4.43 Å². The molecule has 0 N–H and O–H groups in total. The van der Waals surface area contributed by atoms with Gasteiger partial charge in [0.05, 0.1) is 5.60 Å². The molecule has 2 heteroatoms. The lowest BCUT2D eigenvalue weighted by Crippen LogP contribution is -2.44. The van der Waals surface area contributed by atoms with Crippen LogP contribution in [0.25, 0.3) is 0 Å². The van der Waals surface area contributed by atoms with Gasteiger partial charge < -0.3 is 4.43 Å². The zero-order valence-corrected chi connectivity index (χ0v) is 10.6. The largest absolute Gasteiger partial charge is 0.412 e. The molecule has 0 atom stereocenters. The molecule has 0 bridgehead atoms. The number of hydrogen-bond acceptors (Lipinski definition) is 1. The van der Waals surface area contributed by atoms with Crippen LogP contribution in [0.4, 0.5) is 0 Å². The highest BCUT2D eigenvalue weighted by atomic mass is 28.4. The van der Waals surface area contributed by atoms with Gasteiger partial charge in [0, 0.05) is 0 Å². The smallest absolute Gasteiger partial charge is 0.187 e. The first-order chi connectivity index (χ1) is 6.62. The zero-order chi connectivity index (χ0) is 10.1. The normalized spacial score (nSPS) is 31.3. The van der Waals surface area contributed by atoms with Crippen LogP contribution in [-0.4, -0.2) is 13.9 Å². The Morgan fingerprint density at radius 1 is 1.14 bits per heavy atom. The van der Waals surface area contributed by atoms with Gasteiger partial charge in [-0.25, -0.2) is 0 Å². The van der Waals surface area contributed by atoms with Crippen molar-refractivity contribution in [1.29, 1.82) is 0 Å². The van der Waals surface area contributed by atoms with Crippen molar-refractivity contribution in [2.24, 2.45) is 0 Å². The minimum absolute atomic E-state index is 0.282. The summed E-state index contributed by atoms with van der Waals surface area (Å²) in [5.41, 5.74) is 0.282. The molecule has 1 aliphatic carbocycles. The van der Waals surface area contributed by atoms with Crippen LogP contribution in [0.3, 0.4) is 0 Å². The Balaban J connectivity index is 2.08. The molecule has 2 rings (SSSR count). The van der Waals surface area contributed by atoms with Gasteiger partial charge in [0.2, 0.25) is 0 Å². The summed E-state index contributed by atoms with van der Waals surface area (Å²) in [6.07, 6.45) is 11.8. The fraction of sp³-hybridized carbons (Fsp3) is 0.917. The Hall–Kier alpha value is 0.177. The topological polar surface area (TPSA) is 9.23 Å². The lowest BCUT2D eigenvalue weighted by atomic mass is 9.81. The van der Waals surface area contributed by atoms with E-state index in [0.717, 1.165) is 0 Å². The van der Waals surface area contributed by atoms with Crippen LogP contribution in [0.1, 0.15) is 44.9 Å². The fourth-order valence-corrected chi connectivity index (χ4v) is 5.46. The molecule has 0 aromatic carbocycles. The van der Waals surface area contributed by atoms with Gasteiger partial charge in [-0.05, 0) is 44.8 Å². The molecular formula is C12H23OSi. The Bertz CT molecular complexity index is 194. The van der Waals surface area contributed by atoms with Crippen molar-refractivity contribution >= 4 is 8.32 Å². The predicted octanol–water partition coefficient (Wildman–Crippen LogP) is 3.91. The van der Waals surface area contributed by atoms with Crippen molar-refractivity contribution in [3.05, 3.63) is 6.42 Å². The van der Waals surface area contributed by atoms with Crippen molar-refractivity contribution in [2.75, 3.05) is 0 Å². The van der Waals surface area contributed by atoms with E-state index < -0.39 is 8.32 Å². The van der Waals surface area contributed by atoms with E-state index in [1.807, 2.05) is 0 Å². The van der Waals surface area contributed by atoms with Crippen LogP contribution in [-0.2, 0) is 4.43 Å². The van der Waals surface area contributed by atoms with Gasteiger partial charge in [-0.1, -0.05) is 25.7 Å². The molecule has 0 aromatic heterocycles. The van der Waals surface area contributed by atoms with E-state index in [9.17, 15) is 0 Å². The summed E-state index contributed by atoms with van der Waals surface area (Å²) >= 11 is 0. The molecule has 1 nitrogen and oxygen atoms in total. The third-order valence-electron chi connectivity index (χ3n) is 3.72. The standard InChI is InChI=1S/C12H23OSi/c1-14(2)11-7-6-10-12(13-14)8-4-3-5-9-12/h6H,3-5,7-11H2,1-2H3. The molecule has 0 amide bonds. The predicted molar refractivity (Wildman–Crippen MR) is 62.7 cm³/mol. The van der Waals surface area contributed by atoms with Crippen LogP contribution in [0, 0.1) is 6.42 Å². The van der Waals surface area contributed by atoms with Gasteiger partial charge in [0.25, 0.3) is 0 Å². The quantitative estimate of drug-likeness (QED) is 0.552. The van der Waals surface area contributed by atoms with E-state index in [0.29, 0.717) is 0 Å². The number of rotatable bonds is 0. The highest BCUT2D eigenvalue weighted by molar-refractivity contribution is 6.71. The van der Waals surface area contributed by atoms with Gasteiger partial charge in [-0.2, -0.15) is 0 Å². The summed E-state index contributed by atoms with van der Waals surface area (Å²) in [5.74, 6) is 0. The zero-order valence-electron chi connectivity index (χ0n) is 9.64. The summed E-state index contributed by atoms with van der Waals surface area (Å²) in [7, 11) is -1.33. The van der Waals surface area contributed by atoms with Crippen molar-refractivity contribution in [2.45, 2.75) is 69.7 Å². The summed E-state index contributed by atoms with van der Waals surface area (Å²) in [4.78, 5) is 0. The second-order valence-electron chi connectivity index (χ2n) is 5.64. The monoisotopic (exact) mass is 211 g/mol. The SMILES string of the molecule is C[Si]1(C)CC[CH]CC2(CCCCC2)O1. The molecule has 0 aromatic rings. The summed E-state index contributed by atoms with van der Waals surface area (Å²) in [6, 6.07) is 1.33. The molecular weight excluding hydrogens is 188 g/mol. The maximum Gasteiger partial charge on any atom is 0.187 e. The molecule has 1 saturated heterocycles. The van der Waals surface area contributed by atoms with Crippen LogP contribution in [0.5, 0.6) is 0 Å². The van der Waals surface area contributed by atoms with Gasteiger partial charge in [-0.15, -0.1) is 0 Å². The number of hydrogen-bond donors (Lipinski definition) is 0. The average molecular weight is 211 g/mol. The minimum atomic E-state index is -1.33. The van der Waals surface area contributed by atoms with Crippen LogP contribution in [0.2, 0.25) is 19.1 Å². The van der Waals surface area contributed by atoms with Gasteiger partial charge in [-0.3, -0.25) is 0 Å². The first-order valence-corrected chi connectivity index (χ1v) is 9.25. The maximum absolute atomic E-state index is 6.53. The molecule has 2 aliphatic rings. The van der Waals surface area contributed by atoms with E-state index >= 15 is 0 Å². The lowest BCUT2D eigenvalue weighted by Gasteiger charge is -2.41. The Labute approximate surface area is 89.4 Å². The summed E-state index contributed by atoms with van der Waals surface area (Å²) in [5, 5.41) is 0. The highest BCUT2D eigenvalue weighted by Crippen LogP contribution is 2.41. The first-order valence-electron chi connectivity index (χ1n) is 6.14. The second-order valence-corrected chi connectivity index (χ2v) is 9.86. The molecule has 1 heterocycles. The van der Waals surface area contributed by atoms with Gasteiger partial charge in [0.15, 0.2) is 8.32 Å². The molecule has 0 unspecified atom stereocenters. The highest BCUT2D eigenvalue weighted by Gasteiger charge is 2.40. The Kier molecular flexibility index (Phi) is 3.03. The average Bonchev–Trinajstić information content (AvgIpc) is 2.26. The lowest BCUT2D eigenvalue weighted by molar-refractivity contribution is 0.0244. The van der Waals surface area contributed by atoms with Crippen molar-refractivity contribution in [3.8, 4) is 0 Å². The van der Waals surface area contributed by atoms with Crippen LogP contribution in [0.15, 0.2) is 0 Å². The minimum Gasteiger partial charge on any atom is -0.412 e. The maximum atomic E-state index is 6.53. The Morgan fingerprint density at radius 2 is 1.86 bits per heavy atom. The molecule has 1 radical (unpaired) electrons. The molecule has 2 fully saturated rings. The van der Waals surface area contributed by atoms with E-state index in [1.165, 1.54) is 51.0 Å². The summed E-state index contributed by atoms with van der Waals surface area (Å²) < 4.78 is 6.53. The molecule has 81 valence electrons. The second kappa shape index (κ2) is 3.97. The van der Waals surface area contributed by atoms with E-state index in [-0.39, 0.29) is 5.60 Å². The molecule has 1 spiro atoms. The molecule has 1 aliphatic heterocycles. The van der Waals surface area contributed by atoms with Crippen molar-refractivity contribution in [1.82, 2.24) is 0 Å². The van der Waals surface area contributed by atoms with Crippen LogP contribution >= 0.6 is 0 Å².